The van der Waals surface area contributed by atoms with Gasteiger partial charge in [-0.1, -0.05) is 33.1 Å². The third kappa shape index (κ3) is 31.4. The van der Waals surface area contributed by atoms with Crippen LogP contribution in [-0.4, -0.2) is 76.7 Å². The summed E-state index contributed by atoms with van der Waals surface area (Å²) in [4.78, 5) is 77.3. The molecule has 0 aromatic heterocycles. The van der Waals surface area contributed by atoms with Gasteiger partial charge >= 0.3 is 18.0 Å². The van der Waals surface area contributed by atoms with Crippen molar-refractivity contribution in [1.29, 1.82) is 0 Å². The lowest BCUT2D eigenvalue weighted by atomic mass is 10.1. The summed E-state index contributed by atoms with van der Waals surface area (Å²) in [6.07, 6.45) is 9.87. The summed E-state index contributed by atoms with van der Waals surface area (Å²) in [5.41, 5.74) is 10.2. The fraction of sp³-hybridized carbons (Fsp3) is 0.767. The lowest BCUT2D eigenvalue weighted by Crippen LogP contribution is -2.41. The molecule has 4 amide bonds. The topological polar surface area (TPSA) is 248 Å². The average molecular weight is 632 g/mol. The molecule has 0 saturated carbocycles. The zero-order valence-electron chi connectivity index (χ0n) is 25.8. The number of amides is 4. The first-order chi connectivity index (χ1) is 20.3. The van der Waals surface area contributed by atoms with Crippen molar-refractivity contribution in [1.82, 2.24) is 16.0 Å². The molecule has 0 rings (SSSR count). The fourth-order valence-electron chi connectivity index (χ4n) is 3.91. The van der Waals surface area contributed by atoms with Gasteiger partial charge in [-0.3, -0.25) is 9.59 Å². The van der Waals surface area contributed by atoms with Gasteiger partial charge < -0.3 is 47.2 Å². The number of carbonyl (C=O) groups excluding carboxylic acids is 5. The molecule has 0 fully saturated rings. The minimum atomic E-state index is -1.10. The van der Waals surface area contributed by atoms with Crippen LogP contribution in [0.5, 0.6) is 0 Å². The SMILES string of the molecule is C.CC(=O)CCCCCCC(=O)NC(CCCN)C(=O)O.CC(=O)CCCCCCC(=O)NC(CCCNC(N)=O)C(=O)O. The molecular formula is C30H57N5O9. The van der Waals surface area contributed by atoms with Gasteiger partial charge in [-0.2, -0.15) is 0 Å². The molecule has 9 N–H and O–H groups in total. The molecule has 44 heavy (non-hydrogen) atoms. The molecule has 0 bridgehead atoms. The van der Waals surface area contributed by atoms with Crippen LogP contribution in [-0.2, 0) is 28.8 Å². The van der Waals surface area contributed by atoms with Crippen LogP contribution < -0.4 is 27.4 Å². The molecule has 0 heterocycles. The predicted octanol–water partition coefficient (Wildman–Crippen LogP) is 2.79. The zero-order valence-corrected chi connectivity index (χ0v) is 25.8. The molecule has 0 aliphatic carbocycles. The van der Waals surface area contributed by atoms with E-state index in [0.717, 1.165) is 38.5 Å². The van der Waals surface area contributed by atoms with Crippen molar-refractivity contribution in [3.8, 4) is 0 Å². The minimum absolute atomic E-state index is 0. The van der Waals surface area contributed by atoms with Crippen LogP contribution in [0.15, 0.2) is 0 Å². The molecule has 0 aromatic carbocycles. The molecular weight excluding hydrogens is 574 g/mol. The number of primary amides is 1. The second-order valence-electron chi connectivity index (χ2n) is 10.5. The number of nitrogens with one attached hydrogen (secondary N) is 3. The number of carbonyl (C=O) groups is 7. The van der Waals surface area contributed by atoms with Crippen molar-refractivity contribution >= 4 is 41.4 Å². The van der Waals surface area contributed by atoms with Gasteiger partial charge in [0, 0.05) is 32.2 Å². The van der Waals surface area contributed by atoms with E-state index in [4.69, 9.17) is 21.7 Å². The van der Waals surface area contributed by atoms with E-state index in [1.165, 1.54) is 0 Å². The molecule has 0 aliphatic heterocycles. The summed E-state index contributed by atoms with van der Waals surface area (Å²) in [5.74, 6) is -2.30. The van der Waals surface area contributed by atoms with Gasteiger partial charge in [0.1, 0.15) is 23.7 Å². The van der Waals surface area contributed by atoms with Crippen molar-refractivity contribution in [2.75, 3.05) is 13.1 Å². The van der Waals surface area contributed by atoms with Gasteiger partial charge in [-0.25, -0.2) is 14.4 Å². The predicted molar refractivity (Wildman–Crippen MR) is 168 cm³/mol. The Balaban J connectivity index is -0.000000754. The van der Waals surface area contributed by atoms with E-state index in [9.17, 15) is 33.6 Å². The quantitative estimate of drug-likeness (QED) is 0.0726. The number of ketones is 2. The van der Waals surface area contributed by atoms with Crippen LogP contribution in [0.2, 0.25) is 0 Å². The monoisotopic (exact) mass is 631 g/mol. The number of carboxylic acid groups (broad SMARTS) is 2. The Morgan fingerprint density at radius 2 is 0.955 bits per heavy atom. The molecule has 2 unspecified atom stereocenters. The van der Waals surface area contributed by atoms with E-state index < -0.39 is 30.1 Å². The lowest BCUT2D eigenvalue weighted by Gasteiger charge is -2.14. The van der Waals surface area contributed by atoms with Gasteiger partial charge in [-0.05, 0) is 71.8 Å². The van der Waals surface area contributed by atoms with Crippen molar-refractivity contribution in [2.24, 2.45) is 11.5 Å². The third-order valence-corrected chi connectivity index (χ3v) is 6.30. The first-order valence-electron chi connectivity index (χ1n) is 15.1. The van der Waals surface area contributed by atoms with Gasteiger partial charge in [0.15, 0.2) is 0 Å². The summed E-state index contributed by atoms with van der Waals surface area (Å²) >= 11 is 0. The number of urea groups is 1. The molecule has 0 spiro atoms. The summed E-state index contributed by atoms with van der Waals surface area (Å²) in [6.45, 7) is 3.81. The lowest BCUT2D eigenvalue weighted by molar-refractivity contribution is -0.142. The number of rotatable bonds is 25. The molecule has 14 nitrogen and oxygen atoms in total. The maximum Gasteiger partial charge on any atom is 0.326 e. The number of unbranched alkanes of at least 4 members (excludes halogenated alkanes) is 6. The fourth-order valence-corrected chi connectivity index (χ4v) is 3.91. The average Bonchev–Trinajstić information content (AvgIpc) is 2.91. The van der Waals surface area contributed by atoms with Gasteiger partial charge in [-0.15, -0.1) is 0 Å². The summed E-state index contributed by atoms with van der Waals surface area (Å²) in [6, 6.07) is -2.47. The van der Waals surface area contributed by atoms with Crippen molar-refractivity contribution in [3.05, 3.63) is 0 Å². The third-order valence-electron chi connectivity index (χ3n) is 6.30. The normalized spacial score (nSPS) is 11.4. The number of carboxylic acids is 2. The van der Waals surface area contributed by atoms with E-state index in [-0.39, 0.29) is 50.2 Å². The molecule has 0 radical (unpaired) electrons. The molecule has 0 aliphatic rings. The van der Waals surface area contributed by atoms with Gasteiger partial charge in [0.25, 0.3) is 0 Å². The maximum atomic E-state index is 11.7. The maximum absolute atomic E-state index is 11.7. The van der Waals surface area contributed by atoms with E-state index in [2.05, 4.69) is 16.0 Å². The van der Waals surface area contributed by atoms with Crippen molar-refractivity contribution in [3.63, 3.8) is 0 Å². The highest BCUT2D eigenvalue weighted by Gasteiger charge is 2.20. The van der Waals surface area contributed by atoms with E-state index in [0.29, 0.717) is 57.9 Å². The molecule has 256 valence electrons. The van der Waals surface area contributed by atoms with Crippen molar-refractivity contribution < 1.29 is 43.8 Å². The highest BCUT2D eigenvalue weighted by molar-refractivity contribution is 5.84. The number of nitrogens with two attached hydrogens (primary N) is 2. The number of aliphatic carboxylic acids is 2. The summed E-state index contributed by atoms with van der Waals surface area (Å²) in [5, 5.41) is 25.4. The first kappa shape index (κ1) is 44.9. The Morgan fingerprint density at radius 3 is 1.27 bits per heavy atom. The first-order valence-corrected chi connectivity index (χ1v) is 15.1. The second-order valence-corrected chi connectivity index (χ2v) is 10.5. The Morgan fingerprint density at radius 1 is 0.591 bits per heavy atom. The molecule has 0 aromatic rings. The van der Waals surface area contributed by atoms with Crippen LogP contribution in [0, 0.1) is 0 Å². The summed E-state index contributed by atoms with van der Waals surface area (Å²) < 4.78 is 0. The van der Waals surface area contributed by atoms with Gasteiger partial charge in [0.05, 0.1) is 0 Å². The number of hydrogen-bond donors (Lipinski definition) is 7. The standard InChI is InChI=1S/C15H27N3O5.C14H26N2O4.CH4/c1-11(19)7-4-2-3-5-9-13(20)18-12(14(21)22)8-6-10-17-15(16)23;1-11(17)7-4-2-3-5-9-13(18)16-12(14(19)20)8-6-10-15;/h12H,2-10H2,1H3,(H,18,20)(H,21,22)(H3,16,17,23);12H,2-10,15H2,1H3,(H,16,18)(H,19,20);1H4. The molecule has 2 atom stereocenters. The van der Waals surface area contributed by atoms with Crippen LogP contribution in [0.4, 0.5) is 4.79 Å². The van der Waals surface area contributed by atoms with E-state index in [1.807, 2.05) is 0 Å². The number of Topliss-reactive ketones (excluding diaryl/α,β-unsaturated/α-hetero) is 2. The van der Waals surface area contributed by atoms with Crippen LogP contribution in [0.1, 0.15) is 124 Å². The largest absolute Gasteiger partial charge is 0.480 e. The summed E-state index contributed by atoms with van der Waals surface area (Å²) in [7, 11) is 0. The molecule has 0 saturated heterocycles. The van der Waals surface area contributed by atoms with Crippen LogP contribution >= 0.6 is 0 Å². The smallest absolute Gasteiger partial charge is 0.326 e. The van der Waals surface area contributed by atoms with Crippen LogP contribution in [0.25, 0.3) is 0 Å². The second kappa shape index (κ2) is 29.5. The Kier molecular flexibility index (Phi) is 30.1. The highest BCUT2D eigenvalue weighted by Crippen LogP contribution is 2.08. The Bertz CT molecular complexity index is 868. The van der Waals surface area contributed by atoms with Crippen molar-refractivity contribution in [2.45, 2.75) is 136 Å². The van der Waals surface area contributed by atoms with E-state index in [1.54, 1.807) is 13.8 Å². The Labute approximate surface area is 261 Å². The zero-order chi connectivity index (χ0) is 33.0. The number of hydrogen-bond acceptors (Lipinski definition) is 8. The Hall–Kier alpha value is -3.55. The highest BCUT2D eigenvalue weighted by atomic mass is 16.4. The molecule has 14 heteroatoms. The van der Waals surface area contributed by atoms with Gasteiger partial charge in [0.2, 0.25) is 11.8 Å². The van der Waals surface area contributed by atoms with E-state index >= 15 is 0 Å². The van der Waals surface area contributed by atoms with Crippen LogP contribution in [0.3, 0.4) is 0 Å². The minimum Gasteiger partial charge on any atom is -0.480 e.